The van der Waals surface area contributed by atoms with Crippen LogP contribution in [0, 0.1) is 0 Å². The summed E-state index contributed by atoms with van der Waals surface area (Å²) in [6.07, 6.45) is 0.814. The minimum atomic E-state index is 0.0850. The molecule has 19 heavy (non-hydrogen) atoms. The summed E-state index contributed by atoms with van der Waals surface area (Å²) in [6, 6.07) is 7.40. The molecule has 0 spiro atoms. The van der Waals surface area contributed by atoms with Gasteiger partial charge < -0.3 is 15.8 Å². The summed E-state index contributed by atoms with van der Waals surface area (Å²) < 4.78 is 4.26. The molecule has 0 fully saturated rings. The third-order valence-corrected chi connectivity index (χ3v) is 3.53. The zero-order valence-electron chi connectivity index (χ0n) is 10.7. The average Bonchev–Trinajstić information content (AvgIpc) is 2.94. The standard InChI is InChI=1S/C12H15N5OS/c1-3-10-14-12(19-16-10)17(2)9-6-4-5-8(7-9)11(13)15-18/h4-7,18H,3H2,1-2H3,(H2,13,15). The van der Waals surface area contributed by atoms with Crippen LogP contribution in [0.15, 0.2) is 29.4 Å². The summed E-state index contributed by atoms with van der Waals surface area (Å²) in [7, 11) is 1.91. The van der Waals surface area contributed by atoms with Gasteiger partial charge in [-0.3, -0.25) is 0 Å². The van der Waals surface area contributed by atoms with Gasteiger partial charge in [-0.05, 0) is 12.1 Å². The number of aromatic nitrogens is 2. The molecule has 1 aromatic heterocycles. The number of anilines is 2. The lowest BCUT2D eigenvalue weighted by Gasteiger charge is -2.15. The summed E-state index contributed by atoms with van der Waals surface area (Å²) in [5.41, 5.74) is 7.15. The molecule has 6 nitrogen and oxygen atoms in total. The second-order valence-electron chi connectivity index (χ2n) is 3.94. The Kier molecular flexibility index (Phi) is 3.96. The van der Waals surface area contributed by atoms with E-state index in [1.54, 1.807) is 6.07 Å². The molecular weight excluding hydrogens is 262 g/mol. The van der Waals surface area contributed by atoms with Crippen LogP contribution in [0.2, 0.25) is 0 Å². The molecule has 0 amide bonds. The molecule has 0 aliphatic heterocycles. The molecule has 0 radical (unpaired) electrons. The van der Waals surface area contributed by atoms with Crippen molar-refractivity contribution >= 4 is 28.2 Å². The smallest absolute Gasteiger partial charge is 0.209 e. The summed E-state index contributed by atoms with van der Waals surface area (Å²) in [5, 5.41) is 12.5. The van der Waals surface area contributed by atoms with Crippen molar-refractivity contribution in [2.24, 2.45) is 10.9 Å². The van der Waals surface area contributed by atoms with Gasteiger partial charge in [0.15, 0.2) is 5.84 Å². The molecule has 100 valence electrons. The monoisotopic (exact) mass is 277 g/mol. The van der Waals surface area contributed by atoms with E-state index in [2.05, 4.69) is 14.5 Å². The first kappa shape index (κ1) is 13.3. The van der Waals surface area contributed by atoms with E-state index in [-0.39, 0.29) is 5.84 Å². The van der Waals surface area contributed by atoms with E-state index in [0.717, 1.165) is 23.1 Å². The molecule has 2 aromatic rings. The Hall–Kier alpha value is -2.15. The number of benzene rings is 1. The maximum Gasteiger partial charge on any atom is 0.209 e. The van der Waals surface area contributed by atoms with Gasteiger partial charge in [0, 0.05) is 36.3 Å². The van der Waals surface area contributed by atoms with Crippen LogP contribution >= 0.6 is 11.5 Å². The van der Waals surface area contributed by atoms with Crippen molar-refractivity contribution in [2.75, 3.05) is 11.9 Å². The topological polar surface area (TPSA) is 87.6 Å². The van der Waals surface area contributed by atoms with Crippen molar-refractivity contribution in [1.29, 1.82) is 0 Å². The van der Waals surface area contributed by atoms with Crippen LogP contribution in [0.1, 0.15) is 18.3 Å². The summed E-state index contributed by atoms with van der Waals surface area (Å²) >= 11 is 1.35. The quantitative estimate of drug-likeness (QED) is 0.386. The number of oxime groups is 1. The number of nitrogens with two attached hydrogens (primary N) is 1. The second kappa shape index (κ2) is 5.66. The number of aryl methyl sites for hydroxylation is 1. The zero-order valence-corrected chi connectivity index (χ0v) is 11.6. The van der Waals surface area contributed by atoms with Crippen molar-refractivity contribution in [1.82, 2.24) is 9.36 Å². The minimum Gasteiger partial charge on any atom is -0.409 e. The Morgan fingerprint density at radius 3 is 2.95 bits per heavy atom. The number of nitrogens with zero attached hydrogens (tertiary/aromatic N) is 4. The van der Waals surface area contributed by atoms with E-state index in [0.29, 0.717) is 5.56 Å². The molecule has 0 saturated heterocycles. The van der Waals surface area contributed by atoms with Crippen molar-refractivity contribution in [3.05, 3.63) is 35.7 Å². The summed E-state index contributed by atoms with van der Waals surface area (Å²) in [6.45, 7) is 2.02. The molecule has 3 N–H and O–H groups in total. The third-order valence-electron chi connectivity index (χ3n) is 2.70. The van der Waals surface area contributed by atoms with E-state index in [1.165, 1.54) is 11.5 Å². The summed E-state index contributed by atoms with van der Waals surface area (Å²) in [4.78, 5) is 6.34. The van der Waals surface area contributed by atoms with Crippen LogP contribution in [0.25, 0.3) is 0 Å². The highest BCUT2D eigenvalue weighted by atomic mass is 32.1. The SMILES string of the molecule is CCc1nsc(N(C)c2cccc(C(N)=NO)c2)n1. The molecule has 7 heteroatoms. The fourth-order valence-electron chi connectivity index (χ4n) is 1.57. The maximum atomic E-state index is 8.70. The van der Waals surface area contributed by atoms with Crippen LogP contribution in [-0.2, 0) is 6.42 Å². The van der Waals surface area contributed by atoms with Gasteiger partial charge in [0.2, 0.25) is 5.13 Å². The highest BCUT2D eigenvalue weighted by molar-refractivity contribution is 7.09. The van der Waals surface area contributed by atoms with Gasteiger partial charge in [0.25, 0.3) is 0 Å². The first-order valence-corrected chi connectivity index (χ1v) is 6.57. The molecule has 0 unspecified atom stereocenters. The predicted octanol–water partition coefficient (Wildman–Crippen LogP) is 1.96. The zero-order chi connectivity index (χ0) is 13.8. The number of amidine groups is 1. The molecule has 0 aliphatic rings. The molecule has 2 rings (SSSR count). The Morgan fingerprint density at radius 1 is 1.53 bits per heavy atom. The molecule has 0 bridgehead atoms. The molecular formula is C12H15N5OS. The van der Waals surface area contributed by atoms with Crippen molar-refractivity contribution < 1.29 is 5.21 Å². The second-order valence-corrected chi connectivity index (χ2v) is 4.67. The van der Waals surface area contributed by atoms with Crippen LogP contribution < -0.4 is 10.6 Å². The molecule has 0 aliphatic carbocycles. The maximum absolute atomic E-state index is 8.70. The van der Waals surface area contributed by atoms with Crippen LogP contribution in [0.4, 0.5) is 10.8 Å². The van der Waals surface area contributed by atoms with Gasteiger partial charge in [0.1, 0.15) is 5.82 Å². The Labute approximate surface area is 115 Å². The molecule has 0 atom stereocenters. The van der Waals surface area contributed by atoms with Gasteiger partial charge in [-0.2, -0.15) is 4.37 Å². The molecule has 1 aromatic carbocycles. The van der Waals surface area contributed by atoms with Gasteiger partial charge in [0.05, 0.1) is 0 Å². The van der Waals surface area contributed by atoms with E-state index in [9.17, 15) is 0 Å². The van der Waals surface area contributed by atoms with Crippen LogP contribution in [0.3, 0.4) is 0 Å². The van der Waals surface area contributed by atoms with Crippen molar-refractivity contribution in [2.45, 2.75) is 13.3 Å². The van der Waals surface area contributed by atoms with Crippen molar-refractivity contribution in [3.8, 4) is 0 Å². The molecule has 0 saturated carbocycles. The predicted molar refractivity (Wildman–Crippen MR) is 76.3 cm³/mol. The highest BCUT2D eigenvalue weighted by Gasteiger charge is 2.11. The van der Waals surface area contributed by atoms with E-state index in [4.69, 9.17) is 10.9 Å². The third kappa shape index (κ3) is 2.82. The lowest BCUT2D eigenvalue weighted by molar-refractivity contribution is 0.318. The number of hydrogen-bond acceptors (Lipinski definition) is 6. The Morgan fingerprint density at radius 2 is 2.32 bits per heavy atom. The lowest BCUT2D eigenvalue weighted by atomic mass is 10.2. The minimum absolute atomic E-state index is 0.0850. The van der Waals surface area contributed by atoms with Crippen LogP contribution in [-0.4, -0.2) is 27.4 Å². The Balaban J connectivity index is 2.30. The largest absolute Gasteiger partial charge is 0.409 e. The molecule has 1 heterocycles. The van der Waals surface area contributed by atoms with Crippen LogP contribution in [0.5, 0.6) is 0 Å². The first-order valence-electron chi connectivity index (χ1n) is 5.80. The Bertz CT molecular complexity index is 595. The van der Waals surface area contributed by atoms with Gasteiger partial charge in [-0.1, -0.05) is 24.2 Å². The number of rotatable bonds is 4. The fourth-order valence-corrected chi connectivity index (χ4v) is 2.30. The van der Waals surface area contributed by atoms with E-state index >= 15 is 0 Å². The first-order chi connectivity index (χ1) is 9.15. The van der Waals surface area contributed by atoms with E-state index in [1.807, 2.05) is 37.1 Å². The number of hydrogen-bond donors (Lipinski definition) is 2. The van der Waals surface area contributed by atoms with Gasteiger partial charge in [-0.15, -0.1) is 0 Å². The van der Waals surface area contributed by atoms with E-state index < -0.39 is 0 Å². The highest BCUT2D eigenvalue weighted by Crippen LogP contribution is 2.25. The van der Waals surface area contributed by atoms with Crippen molar-refractivity contribution in [3.63, 3.8) is 0 Å². The fraction of sp³-hybridized carbons (Fsp3) is 0.250. The van der Waals surface area contributed by atoms with Gasteiger partial charge >= 0.3 is 0 Å². The lowest BCUT2D eigenvalue weighted by Crippen LogP contribution is -2.15. The average molecular weight is 277 g/mol. The van der Waals surface area contributed by atoms with Gasteiger partial charge in [-0.25, -0.2) is 4.98 Å². The summed E-state index contributed by atoms with van der Waals surface area (Å²) in [5.74, 6) is 0.918. The normalized spacial score (nSPS) is 11.6.